The summed E-state index contributed by atoms with van der Waals surface area (Å²) in [5.74, 6) is 0. The SMILES string of the molecule is CCNC(Cc1ccc(Cl)c(Cl)c1)c1cc(Cl)ccc1I. The van der Waals surface area contributed by atoms with Gasteiger partial charge in [0.2, 0.25) is 0 Å². The van der Waals surface area contributed by atoms with Crippen LogP contribution in [-0.4, -0.2) is 6.54 Å². The van der Waals surface area contributed by atoms with Crippen molar-refractivity contribution in [1.82, 2.24) is 5.32 Å². The van der Waals surface area contributed by atoms with Crippen LogP contribution in [0.5, 0.6) is 0 Å². The van der Waals surface area contributed by atoms with Crippen molar-refractivity contribution in [3.05, 3.63) is 66.2 Å². The van der Waals surface area contributed by atoms with Gasteiger partial charge in [-0.25, -0.2) is 0 Å². The highest BCUT2D eigenvalue weighted by atomic mass is 127. The molecule has 2 rings (SSSR count). The van der Waals surface area contributed by atoms with Crippen LogP contribution in [0.2, 0.25) is 15.1 Å². The first-order valence-corrected chi connectivity index (χ1v) is 8.84. The minimum Gasteiger partial charge on any atom is -0.310 e. The van der Waals surface area contributed by atoms with E-state index in [9.17, 15) is 0 Å². The fourth-order valence-electron chi connectivity index (χ4n) is 2.22. The van der Waals surface area contributed by atoms with E-state index in [1.807, 2.05) is 36.4 Å². The molecule has 0 bridgehead atoms. The number of hydrogen-bond donors (Lipinski definition) is 1. The molecule has 2 aromatic carbocycles. The molecular formula is C16H15Cl3IN. The zero-order valence-electron chi connectivity index (χ0n) is 11.5. The van der Waals surface area contributed by atoms with Gasteiger partial charge in [-0.3, -0.25) is 0 Å². The topological polar surface area (TPSA) is 12.0 Å². The van der Waals surface area contributed by atoms with Crippen LogP contribution < -0.4 is 5.32 Å². The summed E-state index contributed by atoms with van der Waals surface area (Å²) in [6.07, 6.45) is 0.834. The number of halogens is 4. The monoisotopic (exact) mass is 453 g/mol. The summed E-state index contributed by atoms with van der Waals surface area (Å²) in [5.41, 5.74) is 2.35. The maximum Gasteiger partial charge on any atom is 0.0595 e. The quantitative estimate of drug-likeness (QED) is 0.535. The van der Waals surface area contributed by atoms with Crippen molar-refractivity contribution in [3.63, 3.8) is 0 Å². The maximum atomic E-state index is 6.14. The van der Waals surface area contributed by atoms with Gasteiger partial charge in [0.25, 0.3) is 0 Å². The fourth-order valence-corrected chi connectivity index (χ4v) is 3.44. The zero-order chi connectivity index (χ0) is 15.4. The largest absolute Gasteiger partial charge is 0.310 e. The first kappa shape index (κ1) is 17.4. The molecule has 21 heavy (non-hydrogen) atoms. The van der Waals surface area contributed by atoms with E-state index in [-0.39, 0.29) is 6.04 Å². The Morgan fingerprint density at radius 3 is 2.48 bits per heavy atom. The third-order valence-corrected chi connectivity index (χ3v) is 5.16. The van der Waals surface area contributed by atoms with E-state index < -0.39 is 0 Å². The van der Waals surface area contributed by atoms with Crippen LogP contribution in [0.15, 0.2) is 36.4 Å². The number of likely N-dealkylation sites (N-methyl/N-ethyl adjacent to an activating group) is 1. The van der Waals surface area contributed by atoms with E-state index in [1.165, 1.54) is 9.13 Å². The Morgan fingerprint density at radius 2 is 1.81 bits per heavy atom. The lowest BCUT2D eigenvalue weighted by atomic mass is 9.99. The van der Waals surface area contributed by atoms with Crippen molar-refractivity contribution < 1.29 is 0 Å². The molecule has 2 aromatic rings. The number of hydrogen-bond acceptors (Lipinski definition) is 1. The third-order valence-electron chi connectivity index (χ3n) is 3.21. The molecule has 0 saturated heterocycles. The predicted molar refractivity (Wildman–Crippen MR) is 101 cm³/mol. The summed E-state index contributed by atoms with van der Waals surface area (Å²) >= 11 is 20.6. The first-order chi connectivity index (χ1) is 10.0. The van der Waals surface area contributed by atoms with Gasteiger partial charge in [0.05, 0.1) is 10.0 Å². The summed E-state index contributed by atoms with van der Waals surface area (Å²) in [4.78, 5) is 0. The third kappa shape index (κ3) is 4.73. The van der Waals surface area contributed by atoms with E-state index in [4.69, 9.17) is 34.8 Å². The van der Waals surface area contributed by atoms with Crippen LogP contribution in [0.1, 0.15) is 24.1 Å². The number of nitrogens with one attached hydrogen (secondary N) is 1. The molecule has 1 N–H and O–H groups in total. The molecule has 0 aromatic heterocycles. The molecule has 0 aliphatic rings. The molecule has 1 atom stereocenters. The van der Waals surface area contributed by atoms with Crippen molar-refractivity contribution in [2.75, 3.05) is 6.54 Å². The molecule has 1 nitrogen and oxygen atoms in total. The average molecular weight is 455 g/mol. The van der Waals surface area contributed by atoms with Gasteiger partial charge in [0.1, 0.15) is 0 Å². The average Bonchev–Trinajstić information content (AvgIpc) is 2.45. The van der Waals surface area contributed by atoms with Gasteiger partial charge in [-0.1, -0.05) is 47.8 Å². The molecule has 0 aliphatic heterocycles. The minimum absolute atomic E-state index is 0.192. The second-order valence-electron chi connectivity index (χ2n) is 4.73. The van der Waals surface area contributed by atoms with E-state index in [1.54, 1.807) is 0 Å². The lowest BCUT2D eigenvalue weighted by molar-refractivity contribution is 0.548. The van der Waals surface area contributed by atoms with Gasteiger partial charge in [-0.05, 0) is 77.0 Å². The molecular weight excluding hydrogens is 439 g/mol. The molecule has 1 unspecified atom stereocenters. The molecule has 5 heteroatoms. The van der Waals surface area contributed by atoms with Gasteiger partial charge in [-0.2, -0.15) is 0 Å². The van der Waals surface area contributed by atoms with Crippen LogP contribution in [-0.2, 0) is 6.42 Å². The van der Waals surface area contributed by atoms with Crippen LogP contribution in [0.3, 0.4) is 0 Å². The lowest BCUT2D eigenvalue weighted by Gasteiger charge is -2.20. The molecule has 0 aliphatic carbocycles. The summed E-state index contributed by atoms with van der Waals surface area (Å²) in [5, 5.41) is 5.43. The molecule has 0 fully saturated rings. The molecule has 112 valence electrons. The zero-order valence-corrected chi connectivity index (χ0v) is 15.9. The number of benzene rings is 2. The van der Waals surface area contributed by atoms with Crippen molar-refractivity contribution in [1.29, 1.82) is 0 Å². The molecule has 0 saturated carbocycles. The van der Waals surface area contributed by atoms with E-state index in [2.05, 4.69) is 34.8 Å². The summed E-state index contributed by atoms with van der Waals surface area (Å²) in [7, 11) is 0. The van der Waals surface area contributed by atoms with Crippen LogP contribution in [0, 0.1) is 3.57 Å². The standard InChI is InChI=1S/C16H15Cl3IN/c1-2-21-16(12-9-11(17)4-6-15(12)20)8-10-3-5-13(18)14(19)7-10/h3-7,9,16,21H,2,8H2,1H3. The van der Waals surface area contributed by atoms with Crippen LogP contribution in [0.4, 0.5) is 0 Å². The Labute approximate surface area is 154 Å². The highest BCUT2D eigenvalue weighted by molar-refractivity contribution is 14.1. The molecule has 0 spiro atoms. The lowest BCUT2D eigenvalue weighted by Crippen LogP contribution is -2.23. The summed E-state index contributed by atoms with van der Waals surface area (Å²) in [6.45, 7) is 2.98. The first-order valence-electron chi connectivity index (χ1n) is 6.63. The Hall–Kier alpha value is -0.000000000000000111. The second-order valence-corrected chi connectivity index (χ2v) is 7.14. The Kier molecular flexibility index (Phi) is 6.63. The van der Waals surface area contributed by atoms with E-state index in [0.29, 0.717) is 10.0 Å². The second kappa shape index (κ2) is 8.02. The van der Waals surface area contributed by atoms with E-state index >= 15 is 0 Å². The maximum absolute atomic E-state index is 6.14. The van der Waals surface area contributed by atoms with Gasteiger partial charge >= 0.3 is 0 Å². The van der Waals surface area contributed by atoms with Crippen molar-refractivity contribution in [2.45, 2.75) is 19.4 Å². The molecule has 0 radical (unpaired) electrons. The van der Waals surface area contributed by atoms with Crippen LogP contribution >= 0.6 is 57.4 Å². The Bertz CT molecular complexity index is 631. The van der Waals surface area contributed by atoms with Gasteiger partial charge < -0.3 is 5.32 Å². The van der Waals surface area contributed by atoms with Crippen LogP contribution in [0.25, 0.3) is 0 Å². The predicted octanol–water partition coefficient (Wildman–Crippen LogP) is 6.14. The highest BCUT2D eigenvalue weighted by Gasteiger charge is 2.15. The normalized spacial score (nSPS) is 12.4. The van der Waals surface area contributed by atoms with Crippen molar-refractivity contribution in [2.24, 2.45) is 0 Å². The van der Waals surface area contributed by atoms with Gasteiger partial charge in [0, 0.05) is 14.6 Å². The highest BCUT2D eigenvalue weighted by Crippen LogP contribution is 2.29. The Morgan fingerprint density at radius 1 is 1.05 bits per heavy atom. The Balaban J connectivity index is 2.30. The van der Waals surface area contributed by atoms with Crippen molar-refractivity contribution in [3.8, 4) is 0 Å². The fraction of sp³-hybridized carbons (Fsp3) is 0.250. The summed E-state index contributed by atoms with van der Waals surface area (Å²) in [6, 6.07) is 11.9. The van der Waals surface area contributed by atoms with Crippen molar-refractivity contribution >= 4 is 57.4 Å². The molecule has 0 amide bonds. The summed E-state index contributed by atoms with van der Waals surface area (Å²) < 4.78 is 1.20. The number of rotatable bonds is 5. The van der Waals surface area contributed by atoms with Gasteiger partial charge in [0.15, 0.2) is 0 Å². The molecule has 0 heterocycles. The van der Waals surface area contributed by atoms with E-state index in [0.717, 1.165) is 23.6 Å². The van der Waals surface area contributed by atoms with Gasteiger partial charge in [-0.15, -0.1) is 0 Å². The minimum atomic E-state index is 0.192. The smallest absolute Gasteiger partial charge is 0.0595 e.